The van der Waals surface area contributed by atoms with Gasteiger partial charge in [-0.25, -0.2) is 5.26 Å². The number of hydrogen-bond donors (Lipinski definition) is 0. The Labute approximate surface area is 151 Å². The standard InChI is InChI=1S/C21H30O.CHN.3H2/c1-3-21-9-8-16-15-7-5-14(22)10-13(15)4-6-17(16)20(21)19-11-18(19)12(21)2;1-2;;;/h10,12,15-20H,3-9,11H2,1-2H3;1H;3*1H/t12-,15-,16+,17+,18?,19?,20+,21+;;;;/m0..../s1. The van der Waals surface area contributed by atoms with Gasteiger partial charge in [0.25, 0.3) is 0 Å². The van der Waals surface area contributed by atoms with Crippen LogP contribution in [0.5, 0.6) is 0 Å². The monoisotopic (exact) mass is 331 g/mol. The van der Waals surface area contributed by atoms with Crippen LogP contribution in [0.15, 0.2) is 11.6 Å². The summed E-state index contributed by atoms with van der Waals surface area (Å²) in [7, 11) is 0. The molecule has 0 aromatic carbocycles. The second kappa shape index (κ2) is 5.72. The molecular weight excluding hydrogens is 294 g/mol. The Hall–Kier alpha value is -1.10. The number of fused-ring (bicyclic) bond motifs is 7. The molecule has 0 N–H and O–H groups in total. The number of carbonyl (C=O) groups is 1. The second-order valence-corrected chi connectivity index (χ2v) is 9.20. The smallest absolute Gasteiger partial charge is 0.155 e. The topological polar surface area (TPSA) is 40.9 Å². The van der Waals surface area contributed by atoms with Gasteiger partial charge in [-0.15, -0.1) is 0 Å². The van der Waals surface area contributed by atoms with Crippen molar-refractivity contribution in [3.63, 3.8) is 0 Å². The van der Waals surface area contributed by atoms with Crippen molar-refractivity contribution >= 4 is 5.78 Å². The third kappa shape index (κ3) is 2.03. The van der Waals surface area contributed by atoms with Crippen LogP contribution in [-0.4, -0.2) is 5.78 Å². The minimum Gasteiger partial charge on any atom is -0.295 e. The van der Waals surface area contributed by atoms with Crippen molar-refractivity contribution in [3.8, 4) is 6.57 Å². The number of rotatable bonds is 1. The van der Waals surface area contributed by atoms with Gasteiger partial charge in [0, 0.05) is 17.3 Å². The molecule has 136 valence electrons. The Balaban J connectivity index is 0.000000707. The van der Waals surface area contributed by atoms with E-state index in [0.717, 1.165) is 47.8 Å². The van der Waals surface area contributed by atoms with Crippen LogP contribution < -0.4 is 0 Å². The number of allylic oxidation sites excluding steroid dienone is 1. The molecule has 24 heavy (non-hydrogen) atoms. The van der Waals surface area contributed by atoms with Gasteiger partial charge in [-0.1, -0.05) is 19.4 Å². The predicted octanol–water partition coefficient (Wildman–Crippen LogP) is 5.89. The number of nitrogens with zero attached hydrogens (tertiary/aromatic N) is 1. The average molecular weight is 332 g/mol. The molecule has 0 radical (unpaired) electrons. The first-order valence-corrected chi connectivity index (χ1v) is 10.1. The molecular formula is C22H37NO. The van der Waals surface area contributed by atoms with Gasteiger partial charge in [0.15, 0.2) is 5.78 Å². The van der Waals surface area contributed by atoms with Crippen molar-refractivity contribution in [2.45, 2.75) is 65.2 Å². The molecule has 2 heteroatoms. The second-order valence-electron chi connectivity index (χ2n) is 9.20. The minimum absolute atomic E-state index is 0. The van der Waals surface area contributed by atoms with Crippen LogP contribution in [0.1, 0.15) is 69.5 Å². The van der Waals surface area contributed by atoms with Gasteiger partial charge in [-0.05, 0) is 97.9 Å². The summed E-state index contributed by atoms with van der Waals surface area (Å²) in [5.41, 5.74) is 2.24. The van der Waals surface area contributed by atoms with E-state index < -0.39 is 0 Å². The molecule has 0 spiro atoms. The van der Waals surface area contributed by atoms with E-state index >= 15 is 0 Å². The van der Waals surface area contributed by atoms with Gasteiger partial charge in [0.05, 0.1) is 0 Å². The van der Waals surface area contributed by atoms with Gasteiger partial charge in [-0.3, -0.25) is 4.79 Å². The van der Waals surface area contributed by atoms with E-state index in [1.165, 1.54) is 38.5 Å². The molecule has 4 saturated carbocycles. The molecule has 5 rings (SSSR count). The van der Waals surface area contributed by atoms with E-state index in [0.29, 0.717) is 11.2 Å². The summed E-state index contributed by atoms with van der Waals surface area (Å²) in [6, 6.07) is 0. The van der Waals surface area contributed by atoms with Crippen molar-refractivity contribution < 1.29 is 9.07 Å². The highest BCUT2D eigenvalue weighted by Crippen LogP contribution is 2.75. The Morgan fingerprint density at radius 1 is 1.17 bits per heavy atom. The third-order valence-corrected chi connectivity index (χ3v) is 8.99. The summed E-state index contributed by atoms with van der Waals surface area (Å²) in [5.74, 6) is 7.27. The molecule has 2 nitrogen and oxygen atoms in total. The Morgan fingerprint density at radius 2 is 1.96 bits per heavy atom. The van der Waals surface area contributed by atoms with Crippen molar-refractivity contribution in [2.75, 3.05) is 0 Å². The van der Waals surface area contributed by atoms with Gasteiger partial charge >= 0.3 is 0 Å². The van der Waals surface area contributed by atoms with Crippen LogP contribution in [0.25, 0.3) is 0 Å². The van der Waals surface area contributed by atoms with E-state index in [1.807, 2.05) is 6.08 Å². The van der Waals surface area contributed by atoms with Gasteiger partial charge in [0.1, 0.15) is 0 Å². The number of ketones is 1. The summed E-state index contributed by atoms with van der Waals surface area (Å²) in [6.45, 7) is 8.56. The zero-order valence-corrected chi connectivity index (χ0v) is 15.2. The van der Waals surface area contributed by atoms with E-state index in [-0.39, 0.29) is 4.28 Å². The van der Waals surface area contributed by atoms with E-state index in [1.54, 1.807) is 12.0 Å². The molecule has 0 heterocycles. The van der Waals surface area contributed by atoms with Crippen molar-refractivity contribution in [2.24, 2.45) is 46.8 Å². The molecule has 0 aliphatic heterocycles. The first kappa shape index (κ1) is 16.4. The molecule has 4 fully saturated rings. The highest BCUT2D eigenvalue weighted by atomic mass is 16.1. The zero-order chi connectivity index (χ0) is 17.1. The SMILES string of the molecule is C#N.CC[C@]12CC[C@H]3[C@@H](CCC4=CC(=O)CC[C@@H]43)[C@@H]1C1CC1[C@@H]2C.[HH].[HH].[HH]. The Bertz CT molecular complexity index is 604. The molecule has 0 saturated heterocycles. The maximum Gasteiger partial charge on any atom is 0.155 e. The summed E-state index contributed by atoms with van der Waals surface area (Å²) in [6.07, 6.45) is 12.6. The Morgan fingerprint density at radius 3 is 2.71 bits per heavy atom. The van der Waals surface area contributed by atoms with Crippen LogP contribution in [0.2, 0.25) is 0 Å². The minimum atomic E-state index is 0. The lowest BCUT2D eigenvalue weighted by molar-refractivity contribution is -0.116. The maximum absolute atomic E-state index is 11.8. The molecule has 0 bridgehead atoms. The van der Waals surface area contributed by atoms with Crippen LogP contribution in [0.4, 0.5) is 0 Å². The van der Waals surface area contributed by atoms with Crippen LogP contribution in [-0.2, 0) is 4.79 Å². The lowest BCUT2D eigenvalue weighted by Gasteiger charge is -2.56. The molecule has 0 amide bonds. The van der Waals surface area contributed by atoms with Gasteiger partial charge in [0.2, 0.25) is 0 Å². The van der Waals surface area contributed by atoms with E-state index in [4.69, 9.17) is 5.26 Å². The number of nitriles is 1. The average Bonchev–Trinajstić information content (AvgIpc) is 3.36. The lowest BCUT2D eigenvalue weighted by Crippen LogP contribution is -2.48. The van der Waals surface area contributed by atoms with Gasteiger partial charge < -0.3 is 0 Å². The normalized spacial score (nSPS) is 51.1. The molecule has 0 aromatic heterocycles. The lowest BCUT2D eigenvalue weighted by atomic mass is 9.49. The third-order valence-electron chi connectivity index (χ3n) is 8.99. The maximum atomic E-state index is 11.8. The molecule has 0 aromatic rings. The van der Waals surface area contributed by atoms with E-state index in [9.17, 15) is 4.79 Å². The van der Waals surface area contributed by atoms with Crippen LogP contribution in [0.3, 0.4) is 0 Å². The first-order chi connectivity index (χ1) is 11.7. The summed E-state index contributed by atoms with van der Waals surface area (Å²) >= 11 is 0. The summed E-state index contributed by atoms with van der Waals surface area (Å²) in [4.78, 5) is 11.8. The first-order valence-electron chi connectivity index (χ1n) is 10.1. The molecule has 5 aliphatic carbocycles. The van der Waals surface area contributed by atoms with E-state index in [2.05, 4.69) is 20.4 Å². The molecule has 2 unspecified atom stereocenters. The van der Waals surface area contributed by atoms with Crippen molar-refractivity contribution in [1.82, 2.24) is 0 Å². The van der Waals surface area contributed by atoms with Crippen molar-refractivity contribution in [3.05, 3.63) is 11.6 Å². The highest BCUT2D eigenvalue weighted by molar-refractivity contribution is 5.91. The fraction of sp³-hybridized carbons (Fsp3) is 0.818. The Kier molecular flexibility index (Phi) is 3.90. The quantitative estimate of drug-likeness (QED) is 0.601. The van der Waals surface area contributed by atoms with Gasteiger partial charge in [-0.2, -0.15) is 0 Å². The number of carbonyl (C=O) groups excluding carboxylic acids is 1. The summed E-state index contributed by atoms with van der Waals surface area (Å²) < 4.78 is 0. The summed E-state index contributed by atoms with van der Waals surface area (Å²) in [5, 5.41) is 6.50. The van der Waals surface area contributed by atoms with Crippen LogP contribution >= 0.6 is 0 Å². The molecule has 8 atom stereocenters. The van der Waals surface area contributed by atoms with Crippen LogP contribution in [0, 0.1) is 58.7 Å². The fourth-order valence-corrected chi connectivity index (χ4v) is 8.01. The number of hydrogen-bond acceptors (Lipinski definition) is 2. The van der Waals surface area contributed by atoms with Crippen molar-refractivity contribution in [1.29, 1.82) is 5.26 Å². The fourth-order valence-electron chi connectivity index (χ4n) is 8.01. The zero-order valence-electron chi connectivity index (χ0n) is 15.2. The largest absolute Gasteiger partial charge is 0.295 e. The molecule has 5 aliphatic rings. The highest BCUT2D eigenvalue weighted by Gasteiger charge is 2.68. The predicted molar refractivity (Wildman–Crippen MR) is 101 cm³/mol.